The van der Waals surface area contributed by atoms with Crippen LogP contribution in [0.5, 0.6) is 0 Å². The van der Waals surface area contributed by atoms with E-state index >= 15 is 0 Å². The fraction of sp³-hybridized carbons (Fsp3) is 0.900. The van der Waals surface area contributed by atoms with Crippen LogP contribution in [0, 0.1) is 0 Å². The SMILES string of the molecule is CSCCC(C)N(C)S(=O)(=O)CCCC(=O)O. The normalized spacial score (nSPS) is 13.9. The summed E-state index contributed by atoms with van der Waals surface area (Å²) >= 11 is 1.68. The zero-order valence-electron chi connectivity index (χ0n) is 10.5. The van der Waals surface area contributed by atoms with Gasteiger partial charge in [0.15, 0.2) is 0 Å². The number of aliphatic carboxylic acids is 1. The van der Waals surface area contributed by atoms with E-state index in [0.717, 1.165) is 12.2 Å². The highest BCUT2D eigenvalue weighted by Crippen LogP contribution is 2.12. The number of sulfonamides is 1. The van der Waals surface area contributed by atoms with Gasteiger partial charge in [-0.15, -0.1) is 0 Å². The number of hydrogen-bond acceptors (Lipinski definition) is 4. The van der Waals surface area contributed by atoms with Crippen LogP contribution in [0.15, 0.2) is 0 Å². The summed E-state index contributed by atoms with van der Waals surface area (Å²) in [5, 5.41) is 8.46. The zero-order valence-corrected chi connectivity index (χ0v) is 12.2. The summed E-state index contributed by atoms with van der Waals surface area (Å²) in [6.45, 7) is 1.87. The molecule has 0 aromatic carbocycles. The third-order valence-corrected chi connectivity index (χ3v) is 5.28. The molecule has 0 saturated carbocycles. The molecule has 0 spiro atoms. The van der Waals surface area contributed by atoms with Gasteiger partial charge in [-0.05, 0) is 31.8 Å². The van der Waals surface area contributed by atoms with E-state index < -0.39 is 16.0 Å². The molecule has 102 valence electrons. The van der Waals surface area contributed by atoms with Crippen LogP contribution in [-0.2, 0) is 14.8 Å². The standard InChI is InChI=1S/C10H21NO4S2/c1-9(6-7-16-3)11(2)17(14,15)8-4-5-10(12)13/h9H,4-8H2,1-3H3,(H,12,13). The molecular formula is C10H21NO4S2. The van der Waals surface area contributed by atoms with E-state index in [9.17, 15) is 13.2 Å². The van der Waals surface area contributed by atoms with E-state index in [1.807, 2.05) is 13.2 Å². The van der Waals surface area contributed by atoms with Gasteiger partial charge in [-0.1, -0.05) is 0 Å². The van der Waals surface area contributed by atoms with E-state index in [4.69, 9.17) is 5.11 Å². The lowest BCUT2D eigenvalue weighted by atomic mass is 10.3. The summed E-state index contributed by atoms with van der Waals surface area (Å²) in [7, 11) is -1.77. The van der Waals surface area contributed by atoms with Crippen molar-refractivity contribution in [3.05, 3.63) is 0 Å². The largest absolute Gasteiger partial charge is 0.481 e. The molecule has 0 aromatic rings. The van der Waals surface area contributed by atoms with Crippen molar-refractivity contribution in [3.8, 4) is 0 Å². The molecule has 1 atom stereocenters. The molecule has 0 aliphatic heterocycles. The summed E-state index contributed by atoms with van der Waals surface area (Å²) in [6.07, 6.45) is 2.84. The van der Waals surface area contributed by atoms with Crippen LogP contribution < -0.4 is 0 Å². The minimum Gasteiger partial charge on any atom is -0.481 e. The predicted molar refractivity (Wildman–Crippen MR) is 70.9 cm³/mol. The first-order chi connectivity index (χ1) is 7.81. The number of carboxylic acid groups (broad SMARTS) is 1. The third-order valence-electron chi connectivity index (χ3n) is 2.59. The molecule has 0 bridgehead atoms. The predicted octanol–water partition coefficient (Wildman–Crippen LogP) is 1.25. The summed E-state index contributed by atoms with van der Waals surface area (Å²) in [4.78, 5) is 10.3. The fourth-order valence-electron chi connectivity index (χ4n) is 1.29. The summed E-state index contributed by atoms with van der Waals surface area (Å²) in [6, 6.07) is -0.0442. The topological polar surface area (TPSA) is 74.7 Å². The second-order valence-corrected chi connectivity index (χ2v) is 7.09. The van der Waals surface area contributed by atoms with Crippen molar-refractivity contribution in [3.63, 3.8) is 0 Å². The van der Waals surface area contributed by atoms with Crippen LogP contribution in [0.4, 0.5) is 0 Å². The van der Waals surface area contributed by atoms with Gasteiger partial charge in [-0.2, -0.15) is 11.8 Å². The molecule has 0 amide bonds. The van der Waals surface area contributed by atoms with Crippen molar-refractivity contribution in [1.82, 2.24) is 4.31 Å². The molecule has 0 saturated heterocycles. The highest BCUT2D eigenvalue weighted by molar-refractivity contribution is 7.98. The number of thioether (sulfide) groups is 1. The molecule has 17 heavy (non-hydrogen) atoms. The van der Waals surface area contributed by atoms with Crippen LogP contribution in [0.3, 0.4) is 0 Å². The Hall–Kier alpha value is -0.270. The monoisotopic (exact) mass is 283 g/mol. The molecule has 0 radical (unpaired) electrons. The molecule has 0 rings (SSSR count). The number of hydrogen-bond donors (Lipinski definition) is 1. The third kappa shape index (κ3) is 6.90. The second kappa shape index (κ2) is 7.94. The van der Waals surface area contributed by atoms with Crippen molar-refractivity contribution in [2.24, 2.45) is 0 Å². The number of nitrogens with zero attached hydrogens (tertiary/aromatic N) is 1. The van der Waals surface area contributed by atoms with Crippen molar-refractivity contribution in [2.45, 2.75) is 32.2 Å². The lowest BCUT2D eigenvalue weighted by molar-refractivity contribution is -0.137. The van der Waals surface area contributed by atoms with E-state index in [0.29, 0.717) is 0 Å². The zero-order chi connectivity index (χ0) is 13.5. The van der Waals surface area contributed by atoms with E-state index in [1.165, 1.54) is 4.31 Å². The van der Waals surface area contributed by atoms with Crippen LogP contribution in [0.1, 0.15) is 26.2 Å². The van der Waals surface area contributed by atoms with Crippen LogP contribution in [-0.4, -0.2) is 54.6 Å². The number of rotatable bonds is 9. The van der Waals surface area contributed by atoms with Crippen molar-refractivity contribution in [1.29, 1.82) is 0 Å². The Morgan fingerprint density at radius 3 is 2.53 bits per heavy atom. The Bertz CT molecular complexity index is 329. The van der Waals surface area contributed by atoms with Crippen molar-refractivity contribution >= 4 is 27.8 Å². The molecule has 0 heterocycles. The molecule has 1 unspecified atom stereocenters. The van der Waals surface area contributed by atoms with Crippen molar-refractivity contribution in [2.75, 3.05) is 24.8 Å². The average molecular weight is 283 g/mol. The molecule has 0 aliphatic carbocycles. The maximum Gasteiger partial charge on any atom is 0.303 e. The second-order valence-electron chi connectivity index (χ2n) is 3.96. The van der Waals surface area contributed by atoms with E-state index in [2.05, 4.69) is 0 Å². The molecule has 0 aliphatic rings. The Labute approximate surface area is 108 Å². The minimum absolute atomic E-state index is 0.0442. The maximum absolute atomic E-state index is 11.8. The minimum atomic E-state index is -3.32. The lowest BCUT2D eigenvalue weighted by Gasteiger charge is -2.23. The molecule has 1 N–H and O–H groups in total. The Balaban J connectivity index is 4.23. The van der Waals surface area contributed by atoms with Gasteiger partial charge in [0.1, 0.15) is 0 Å². The number of carbonyl (C=O) groups is 1. The first-order valence-corrected chi connectivity index (χ1v) is 8.48. The van der Waals surface area contributed by atoms with Gasteiger partial charge < -0.3 is 5.11 Å². The highest BCUT2D eigenvalue weighted by Gasteiger charge is 2.22. The van der Waals surface area contributed by atoms with Gasteiger partial charge in [0, 0.05) is 19.5 Å². The van der Waals surface area contributed by atoms with E-state index in [-0.39, 0.29) is 24.6 Å². The Kier molecular flexibility index (Phi) is 7.82. The maximum atomic E-state index is 11.8. The summed E-state index contributed by atoms with van der Waals surface area (Å²) in [5.41, 5.74) is 0. The van der Waals surface area contributed by atoms with Crippen molar-refractivity contribution < 1.29 is 18.3 Å². The molecule has 7 heteroatoms. The highest BCUT2D eigenvalue weighted by atomic mass is 32.2. The van der Waals surface area contributed by atoms with Gasteiger partial charge in [0.2, 0.25) is 10.0 Å². The smallest absolute Gasteiger partial charge is 0.303 e. The van der Waals surface area contributed by atoms with Gasteiger partial charge in [0.05, 0.1) is 5.75 Å². The number of carboxylic acids is 1. The molecule has 0 aromatic heterocycles. The summed E-state index contributed by atoms with van der Waals surface area (Å²) in [5.74, 6) is -0.145. The Morgan fingerprint density at radius 2 is 2.06 bits per heavy atom. The van der Waals surface area contributed by atoms with E-state index in [1.54, 1.807) is 18.8 Å². The average Bonchev–Trinajstić information content (AvgIpc) is 2.23. The van der Waals surface area contributed by atoms with Gasteiger partial charge >= 0.3 is 5.97 Å². The fourth-order valence-corrected chi connectivity index (χ4v) is 3.32. The van der Waals surface area contributed by atoms with Crippen LogP contribution >= 0.6 is 11.8 Å². The quantitative estimate of drug-likeness (QED) is 0.689. The lowest BCUT2D eigenvalue weighted by Crippen LogP contribution is -2.37. The molecule has 0 fully saturated rings. The first kappa shape index (κ1) is 16.7. The molecular weight excluding hydrogens is 262 g/mol. The first-order valence-electron chi connectivity index (χ1n) is 5.47. The summed E-state index contributed by atoms with van der Waals surface area (Å²) < 4.78 is 25.0. The van der Waals surface area contributed by atoms with Gasteiger partial charge in [-0.25, -0.2) is 12.7 Å². The van der Waals surface area contributed by atoms with Crippen LogP contribution in [0.2, 0.25) is 0 Å². The molecule has 5 nitrogen and oxygen atoms in total. The Morgan fingerprint density at radius 1 is 1.47 bits per heavy atom. The van der Waals surface area contributed by atoms with Crippen LogP contribution in [0.25, 0.3) is 0 Å². The van der Waals surface area contributed by atoms with Gasteiger partial charge in [0.25, 0.3) is 0 Å². The van der Waals surface area contributed by atoms with Gasteiger partial charge in [-0.3, -0.25) is 4.79 Å².